The third-order valence-corrected chi connectivity index (χ3v) is 3.88. The van der Waals surface area contributed by atoms with Gasteiger partial charge in [0.05, 0.1) is 16.3 Å². The lowest BCUT2D eigenvalue weighted by atomic mass is 10.0. The summed E-state index contributed by atoms with van der Waals surface area (Å²) in [6, 6.07) is 14.3. The van der Waals surface area contributed by atoms with Crippen molar-refractivity contribution in [3.05, 3.63) is 64.7 Å². The van der Waals surface area contributed by atoms with Gasteiger partial charge < -0.3 is 15.8 Å². The van der Waals surface area contributed by atoms with Crippen LogP contribution in [0.15, 0.2) is 48.5 Å². The van der Waals surface area contributed by atoms with Gasteiger partial charge >= 0.3 is 5.97 Å². The molecule has 2 aromatic carbocycles. The molecule has 0 fully saturated rings. The van der Waals surface area contributed by atoms with Crippen molar-refractivity contribution in [2.75, 3.05) is 18.9 Å². The number of hydrogen-bond donors (Lipinski definition) is 2. The number of carbonyl (C=O) groups is 2. The summed E-state index contributed by atoms with van der Waals surface area (Å²) in [5, 5.41) is 3.11. The summed E-state index contributed by atoms with van der Waals surface area (Å²) in [6.07, 6.45) is 0. The summed E-state index contributed by atoms with van der Waals surface area (Å²) in [5.74, 6) is -0.806. The smallest absolute Gasteiger partial charge is 0.338 e. The van der Waals surface area contributed by atoms with E-state index >= 15 is 0 Å². The lowest BCUT2D eigenvalue weighted by molar-refractivity contribution is -0.124. The van der Waals surface area contributed by atoms with Crippen LogP contribution in [0, 0.1) is 0 Å². The van der Waals surface area contributed by atoms with Crippen molar-refractivity contribution in [2.45, 2.75) is 12.8 Å². The van der Waals surface area contributed by atoms with E-state index < -0.39 is 5.97 Å². The number of nitrogens with two attached hydrogens (primary N) is 1. The van der Waals surface area contributed by atoms with Crippen molar-refractivity contribution in [1.82, 2.24) is 5.32 Å². The van der Waals surface area contributed by atoms with E-state index in [1.54, 1.807) is 0 Å². The number of nitrogen functional groups attached to an aromatic ring is 1. The molecular weight excluding hydrogens is 328 g/mol. The van der Waals surface area contributed by atoms with Gasteiger partial charge in [-0.05, 0) is 29.7 Å². The zero-order valence-electron chi connectivity index (χ0n) is 13.3. The topological polar surface area (TPSA) is 81.4 Å². The van der Waals surface area contributed by atoms with E-state index in [-0.39, 0.29) is 29.7 Å². The second kappa shape index (κ2) is 8.36. The van der Waals surface area contributed by atoms with Gasteiger partial charge in [-0.1, -0.05) is 48.9 Å². The number of anilines is 1. The fraction of sp³-hybridized carbons (Fsp3) is 0.222. The molecule has 0 aliphatic heterocycles. The van der Waals surface area contributed by atoms with Gasteiger partial charge in [-0.15, -0.1) is 0 Å². The number of nitrogens with one attached hydrogen (secondary N) is 1. The first kappa shape index (κ1) is 17.8. The second-order valence-electron chi connectivity index (χ2n) is 5.43. The van der Waals surface area contributed by atoms with Crippen molar-refractivity contribution in [3.63, 3.8) is 0 Å². The van der Waals surface area contributed by atoms with Gasteiger partial charge in [0.2, 0.25) is 0 Å². The molecule has 0 radical (unpaired) electrons. The Labute approximate surface area is 145 Å². The number of benzene rings is 2. The molecule has 0 spiro atoms. The molecule has 24 heavy (non-hydrogen) atoms. The highest BCUT2D eigenvalue weighted by molar-refractivity contribution is 6.33. The molecule has 2 rings (SSSR count). The van der Waals surface area contributed by atoms with E-state index in [9.17, 15) is 9.59 Å². The predicted molar refractivity (Wildman–Crippen MR) is 94.0 cm³/mol. The van der Waals surface area contributed by atoms with Crippen LogP contribution in [-0.4, -0.2) is 25.0 Å². The van der Waals surface area contributed by atoms with E-state index in [1.165, 1.54) is 18.2 Å². The van der Waals surface area contributed by atoms with E-state index in [0.717, 1.165) is 5.56 Å². The molecule has 2 aromatic rings. The molecule has 0 unspecified atom stereocenters. The lowest BCUT2D eigenvalue weighted by Gasteiger charge is -2.13. The van der Waals surface area contributed by atoms with Gasteiger partial charge in [-0.3, -0.25) is 4.79 Å². The highest BCUT2D eigenvalue weighted by Gasteiger charge is 2.12. The Morgan fingerprint density at radius 1 is 1.21 bits per heavy atom. The van der Waals surface area contributed by atoms with Crippen LogP contribution in [0.1, 0.15) is 28.8 Å². The van der Waals surface area contributed by atoms with Gasteiger partial charge in [0.15, 0.2) is 6.61 Å². The van der Waals surface area contributed by atoms with Crippen molar-refractivity contribution in [1.29, 1.82) is 0 Å². The first-order chi connectivity index (χ1) is 11.5. The molecule has 0 aromatic heterocycles. The average Bonchev–Trinajstić information content (AvgIpc) is 2.60. The van der Waals surface area contributed by atoms with Crippen LogP contribution in [0.4, 0.5) is 5.69 Å². The molecule has 126 valence electrons. The largest absolute Gasteiger partial charge is 0.452 e. The van der Waals surface area contributed by atoms with Crippen LogP contribution in [0.2, 0.25) is 5.02 Å². The Hall–Kier alpha value is -2.53. The molecule has 0 saturated heterocycles. The van der Waals surface area contributed by atoms with Gasteiger partial charge in [-0.2, -0.15) is 0 Å². The van der Waals surface area contributed by atoms with Gasteiger partial charge in [-0.25, -0.2) is 4.79 Å². The van der Waals surface area contributed by atoms with Crippen LogP contribution >= 0.6 is 11.6 Å². The number of carbonyl (C=O) groups excluding carboxylic acids is 2. The van der Waals surface area contributed by atoms with E-state index in [0.29, 0.717) is 11.6 Å². The molecule has 5 nitrogen and oxygen atoms in total. The number of esters is 1. The normalized spacial score (nSPS) is 11.6. The predicted octanol–water partition coefficient (Wildman–Crippen LogP) is 3.00. The molecule has 0 bridgehead atoms. The number of rotatable bonds is 6. The average molecular weight is 347 g/mol. The first-order valence-electron chi connectivity index (χ1n) is 7.51. The molecule has 1 atom stereocenters. The first-order valence-corrected chi connectivity index (χ1v) is 7.89. The minimum Gasteiger partial charge on any atom is -0.452 e. The molecule has 1 amide bonds. The second-order valence-corrected chi connectivity index (χ2v) is 5.84. The quantitative estimate of drug-likeness (QED) is 0.622. The number of halogens is 1. The minimum absolute atomic E-state index is 0.168. The maximum atomic E-state index is 11.9. The molecule has 6 heteroatoms. The maximum Gasteiger partial charge on any atom is 0.338 e. The van der Waals surface area contributed by atoms with Crippen LogP contribution in [0.25, 0.3) is 0 Å². The highest BCUT2D eigenvalue weighted by atomic mass is 35.5. The van der Waals surface area contributed by atoms with Crippen LogP contribution in [-0.2, 0) is 9.53 Å². The third kappa shape index (κ3) is 4.99. The summed E-state index contributed by atoms with van der Waals surface area (Å²) < 4.78 is 4.97. The minimum atomic E-state index is -0.621. The summed E-state index contributed by atoms with van der Waals surface area (Å²) in [7, 11) is 0. The third-order valence-electron chi connectivity index (χ3n) is 3.54. The van der Waals surface area contributed by atoms with Gasteiger partial charge in [0.25, 0.3) is 5.91 Å². The summed E-state index contributed by atoms with van der Waals surface area (Å²) in [5.41, 5.74) is 7.30. The van der Waals surface area contributed by atoms with Crippen LogP contribution in [0.5, 0.6) is 0 Å². The molecule has 3 N–H and O–H groups in total. The van der Waals surface area contributed by atoms with Crippen molar-refractivity contribution in [3.8, 4) is 0 Å². The molecule has 0 saturated carbocycles. The Morgan fingerprint density at radius 3 is 2.58 bits per heavy atom. The summed E-state index contributed by atoms with van der Waals surface area (Å²) >= 11 is 5.79. The monoisotopic (exact) mass is 346 g/mol. The van der Waals surface area contributed by atoms with Crippen LogP contribution < -0.4 is 11.1 Å². The number of amides is 1. The zero-order valence-corrected chi connectivity index (χ0v) is 14.0. The number of ether oxygens (including phenoxy) is 1. The maximum absolute atomic E-state index is 11.9. The van der Waals surface area contributed by atoms with Crippen LogP contribution in [0.3, 0.4) is 0 Å². The molecule has 0 aliphatic rings. The van der Waals surface area contributed by atoms with Gasteiger partial charge in [0.1, 0.15) is 0 Å². The molecule has 0 heterocycles. The summed E-state index contributed by atoms with van der Waals surface area (Å²) in [4.78, 5) is 23.7. The summed E-state index contributed by atoms with van der Waals surface area (Å²) in [6.45, 7) is 2.13. The standard InChI is InChI=1S/C18H19ClN2O3/c1-12(13-5-3-2-4-6-13)10-21-17(22)11-24-18(23)14-7-8-15(19)16(20)9-14/h2-9,12H,10-11,20H2,1H3,(H,21,22)/t12-/m0/s1. The molecular formula is C18H19ClN2O3. The SMILES string of the molecule is C[C@@H](CNC(=O)COC(=O)c1ccc(Cl)c(N)c1)c1ccccc1. The zero-order chi connectivity index (χ0) is 17.5. The van der Waals surface area contributed by atoms with E-state index in [2.05, 4.69) is 5.32 Å². The van der Waals surface area contributed by atoms with E-state index in [4.69, 9.17) is 22.1 Å². The van der Waals surface area contributed by atoms with Crippen molar-refractivity contribution < 1.29 is 14.3 Å². The Bertz CT molecular complexity index is 719. The molecule has 0 aliphatic carbocycles. The fourth-order valence-electron chi connectivity index (χ4n) is 2.10. The van der Waals surface area contributed by atoms with Crippen molar-refractivity contribution in [2.24, 2.45) is 0 Å². The Balaban J connectivity index is 1.78. The number of hydrogen-bond acceptors (Lipinski definition) is 4. The Morgan fingerprint density at radius 2 is 1.92 bits per heavy atom. The van der Waals surface area contributed by atoms with Crippen molar-refractivity contribution >= 4 is 29.2 Å². The highest BCUT2D eigenvalue weighted by Crippen LogP contribution is 2.19. The fourth-order valence-corrected chi connectivity index (χ4v) is 2.22. The van der Waals surface area contributed by atoms with E-state index in [1.807, 2.05) is 37.3 Å². The van der Waals surface area contributed by atoms with Gasteiger partial charge in [0, 0.05) is 6.54 Å². The lowest BCUT2D eigenvalue weighted by Crippen LogP contribution is -2.31. The Kier molecular flexibility index (Phi) is 6.21.